The molecule has 0 aromatic heterocycles. The summed E-state index contributed by atoms with van der Waals surface area (Å²) in [6.07, 6.45) is 11.6. The molecule has 1 unspecified atom stereocenters. The Bertz CT molecular complexity index is 278. The minimum atomic E-state index is 0.244. The molecule has 1 nitrogen and oxygen atoms in total. The summed E-state index contributed by atoms with van der Waals surface area (Å²) in [7, 11) is 0. The van der Waals surface area contributed by atoms with Gasteiger partial charge in [0.25, 0.3) is 0 Å². The van der Waals surface area contributed by atoms with Crippen LogP contribution >= 0.6 is 0 Å². The van der Waals surface area contributed by atoms with Gasteiger partial charge in [0, 0.05) is 6.04 Å². The molecule has 0 aromatic carbocycles. The van der Waals surface area contributed by atoms with E-state index >= 15 is 0 Å². The number of hydrogen-bond donors (Lipinski definition) is 1. The van der Waals surface area contributed by atoms with Crippen LogP contribution in [0.2, 0.25) is 0 Å². The van der Waals surface area contributed by atoms with E-state index < -0.39 is 0 Å². The van der Waals surface area contributed by atoms with Crippen molar-refractivity contribution in [3.8, 4) is 0 Å². The molecule has 4 aliphatic carbocycles. The molecule has 0 amide bonds. The third-order valence-electron chi connectivity index (χ3n) is 5.34. The van der Waals surface area contributed by atoms with Crippen LogP contribution < -0.4 is 5.73 Å². The van der Waals surface area contributed by atoms with Crippen LogP contribution in [0, 0.1) is 23.2 Å². The standard InChI is InChI=1S/C15H25N/c1-10(11(2)16)6-15-7-12-3-13(8-15)5-14(4-12)9-15/h6,11-14H,3-5,7-9,16H2,1-2H3/b10-6+. The molecule has 4 saturated carbocycles. The van der Waals surface area contributed by atoms with Gasteiger partial charge < -0.3 is 5.73 Å². The van der Waals surface area contributed by atoms with Crippen LogP contribution in [0.5, 0.6) is 0 Å². The van der Waals surface area contributed by atoms with Gasteiger partial charge in [0.1, 0.15) is 0 Å². The van der Waals surface area contributed by atoms with Crippen LogP contribution in [-0.2, 0) is 0 Å². The smallest absolute Gasteiger partial charge is 0.0222 e. The maximum Gasteiger partial charge on any atom is 0.0222 e. The topological polar surface area (TPSA) is 26.0 Å². The van der Waals surface area contributed by atoms with Crippen molar-refractivity contribution in [3.05, 3.63) is 11.6 Å². The number of rotatable bonds is 2. The van der Waals surface area contributed by atoms with Gasteiger partial charge in [-0.3, -0.25) is 0 Å². The van der Waals surface area contributed by atoms with E-state index in [0.29, 0.717) is 5.41 Å². The van der Waals surface area contributed by atoms with Gasteiger partial charge in [-0.1, -0.05) is 11.6 Å². The van der Waals surface area contributed by atoms with Crippen molar-refractivity contribution >= 4 is 0 Å². The first-order valence-electron chi connectivity index (χ1n) is 7.01. The minimum absolute atomic E-state index is 0.244. The second-order valence-electron chi connectivity index (χ2n) is 6.96. The summed E-state index contributed by atoms with van der Waals surface area (Å²) in [4.78, 5) is 0. The third kappa shape index (κ3) is 1.73. The van der Waals surface area contributed by atoms with Crippen molar-refractivity contribution < 1.29 is 0 Å². The van der Waals surface area contributed by atoms with E-state index in [1.165, 1.54) is 44.1 Å². The van der Waals surface area contributed by atoms with Gasteiger partial charge in [0.05, 0.1) is 0 Å². The summed E-state index contributed by atoms with van der Waals surface area (Å²) in [6, 6.07) is 0.244. The quantitative estimate of drug-likeness (QED) is 0.707. The molecule has 1 heteroatoms. The summed E-state index contributed by atoms with van der Waals surface area (Å²) in [5, 5.41) is 0. The average Bonchev–Trinajstić information content (AvgIpc) is 2.13. The van der Waals surface area contributed by atoms with E-state index in [2.05, 4.69) is 19.9 Å². The van der Waals surface area contributed by atoms with Crippen LogP contribution in [0.1, 0.15) is 52.4 Å². The van der Waals surface area contributed by atoms with E-state index in [9.17, 15) is 0 Å². The van der Waals surface area contributed by atoms with Crippen molar-refractivity contribution in [1.82, 2.24) is 0 Å². The van der Waals surface area contributed by atoms with Crippen molar-refractivity contribution in [1.29, 1.82) is 0 Å². The molecule has 4 rings (SSSR count). The van der Waals surface area contributed by atoms with Crippen LogP contribution in [0.4, 0.5) is 0 Å². The third-order valence-corrected chi connectivity index (χ3v) is 5.34. The van der Waals surface area contributed by atoms with Crippen LogP contribution in [-0.4, -0.2) is 6.04 Å². The van der Waals surface area contributed by atoms with E-state index in [1.54, 1.807) is 0 Å². The van der Waals surface area contributed by atoms with Crippen molar-refractivity contribution in [3.63, 3.8) is 0 Å². The fourth-order valence-corrected chi connectivity index (χ4v) is 4.97. The molecule has 16 heavy (non-hydrogen) atoms. The van der Waals surface area contributed by atoms with Crippen molar-refractivity contribution in [2.45, 2.75) is 58.4 Å². The van der Waals surface area contributed by atoms with Gasteiger partial charge in [-0.25, -0.2) is 0 Å². The highest BCUT2D eigenvalue weighted by Gasteiger charge is 2.49. The molecule has 0 aliphatic heterocycles. The number of nitrogens with two attached hydrogens (primary N) is 1. The highest BCUT2D eigenvalue weighted by molar-refractivity contribution is 5.17. The predicted octanol–water partition coefficient (Wildman–Crippen LogP) is 3.50. The van der Waals surface area contributed by atoms with Crippen LogP contribution in [0.25, 0.3) is 0 Å². The molecule has 90 valence electrons. The van der Waals surface area contributed by atoms with Gasteiger partial charge in [-0.15, -0.1) is 0 Å². The summed E-state index contributed by atoms with van der Waals surface area (Å²) in [5.41, 5.74) is 7.98. The van der Waals surface area contributed by atoms with E-state index in [4.69, 9.17) is 5.73 Å². The van der Waals surface area contributed by atoms with Crippen molar-refractivity contribution in [2.24, 2.45) is 28.9 Å². The zero-order valence-electron chi connectivity index (χ0n) is 10.7. The van der Waals surface area contributed by atoms with E-state index in [1.807, 2.05) is 0 Å². The largest absolute Gasteiger partial charge is 0.324 e. The molecule has 4 bridgehead atoms. The Balaban J connectivity index is 1.86. The lowest BCUT2D eigenvalue weighted by Gasteiger charge is -2.56. The molecule has 0 aromatic rings. The van der Waals surface area contributed by atoms with E-state index in [0.717, 1.165) is 17.8 Å². The molecule has 0 radical (unpaired) electrons. The molecular weight excluding hydrogens is 194 g/mol. The molecule has 1 atom stereocenters. The summed E-state index contributed by atoms with van der Waals surface area (Å²) >= 11 is 0. The second kappa shape index (κ2) is 3.60. The lowest BCUT2D eigenvalue weighted by molar-refractivity contribution is -0.0242. The van der Waals surface area contributed by atoms with Crippen LogP contribution in [0.3, 0.4) is 0 Å². The maximum absolute atomic E-state index is 6.00. The zero-order chi connectivity index (χ0) is 11.3. The van der Waals surface area contributed by atoms with Gasteiger partial charge in [-0.2, -0.15) is 0 Å². The summed E-state index contributed by atoms with van der Waals surface area (Å²) in [5.74, 6) is 3.13. The van der Waals surface area contributed by atoms with Gasteiger partial charge in [0.2, 0.25) is 0 Å². The minimum Gasteiger partial charge on any atom is -0.324 e. The Kier molecular flexibility index (Phi) is 2.43. The molecular formula is C15H25N. The lowest BCUT2D eigenvalue weighted by atomic mass is 9.49. The van der Waals surface area contributed by atoms with Gasteiger partial charge in [-0.05, 0) is 75.5 Å². The van der Waals surface area contributed by atoms with Crippen LogP contribution in [0.15, 0.2) is 11.6 Å². The van der Waals surface area contributed by atoms with E-state index in [-0.39, 0.29) is 6.04 Å². The molecule has 2 N–H and O–H groups in total. The number of allylic oxidation sites excluding steroid dienone is 1. The fraction of sp³-hybridized carbons (Fsp3) is 0.867. The highest BCUT2D eigenvalue weighted by Crippen LogP contribution is 2.60. The monoisotopic (exact) mass is 219 g/mol. The Morgan fingerprint density at radius 3 is 1.94 bits per heavy atom. The number of hydrogen-bond acceptors (Lipinski definition) is 1. The average molecular weight is 219 g/mol. The zero-order valence-corrected chi connectivity index (χ0v) is 10.7. The first-order valence-corrected chi connectivity index (χ1v) is 7.01. The molecule has 0 heterocycles. The lowest BCUT2D eigenvalue weighted by Crippen LogP contribution is -2.45. The Morgan fingerprint density at radius 2 is 1.56 bits per heavy atom. The summed E-state index contributed by atoms with van der Waals surface area (Å²) in [6.45, 7) is 4.34. The summed E-state index contributed by atoms with van der Waals surface area (Å²) < 4.78 is 0. The van der Waals surface area contributed by atoms with Crippen molar-refractivity contribution in [2.75, 3.05) is 0 Å². The first-order chi connectivity index (χ1) is 7.56. The van der Waals surface area contributed by atoms with Gasteiger partial charge >= 0.3 is 0 Å². The Hall–Kier alpha value is -0.300. The predicted molar refractivity (Wildman–Crippen MR) is 68.0 cm³/mol. The second-order valence-corrected chi connectivity index (χ2v) is 6.96. The molecule has 4 aliphatic rings. The Labute approximate surface area is 99.5 Å². The highest BCUT2D eigenvalue weighted by atomic mass is 14.6. The maximum atomic E-state index is 6.00. The van der Waals surface area contributed by atoms with Gasteiger partial charge in [0.15, 0.2) is 0 Å². The molecule has 0 spiro atoms. The Morgan fingerprint density at radius 1 is 1.12 bits per heavy atom. The molecule has 0 saturated heterocycles. The first kappa shape index (κ1) is 10.8. The normalized spacial score (nSPS) is 48.4. The SMILES string of the molecule is C/C(=C\C12CC3CC(CC(C3)C1)C2)C(C)N. The fourth-order valence-electron chi connectivity index (χ4n) is 4.97. The molecule has 4 fully saturated rings.